The molecule has 2 aromatic heterocycles. The van der Waals surface area contributed by atoms with Crippen LogP contribution in [-0.2, 0) is 6.42 Å². The summed E-state index contributed by atoms with van der Waals surface area (Å²) in [6.07, 6.45) is -0.851. The Hall–Kier alpha value is -2.02. The second kappa shape index (κ2) is 7.07. The molecule has 0 aliphatic carbocycles. The molecule has 8 heteroatoms. The van der Waals surface area contributed by atoms with Gasteiger partial charge in [0.05, 0.1) is 21.3 Å². The van der Waals surface area contributed by atoms with Gasteiger partial charge in [-0.2, -0.15) is 0 Å². The van der Waals surface area contributed by atoms with Crippen LogP contribution in [0.25, 0.3) is 16.3 Å². The molecule has 0 fully saturated rings. The van der Waals surface area contributed by atoms with Gasteiger partial charge in [-0.25, -0.2) is 9.48 Å². The van der Waals surface area contributed by atoms with E-state index in [1.165, 1.54) is 0 Å². The Kier molecular flexibility index (Phi) is 5.03. The average Bonchev–Trinajstić information content (AvgIpc) is 3.10. The topological polar surface area (TPSA) is 64.3 Å². The number of aryl methyl sites for hydroxylation is 1. The summed E-state index contributed by atoms with van der Waals surface area (Å²) >= 11 is 13.9. The molecule has 0 aliphatic heterocycles. The predicted octanol–water partition coefficient (Wildman–Crippen LogP) is 5.84. The molecule has 25 heavy (non-hydrogen) atoms. The third kappa shape index (κ3) is 3.51. The van der Waals surface area contributed by atoms with E-state index < -0.39 is 6.16 Å². The minimum atomic E-state index is -1.41. The van der Waals surface area contributed by atoms with E-state index in [0.717, 1.165) is 15.4 Å². The molecule has 3 aromatic rings. The van der Waals surface area contributed by atoms with Gasteiger partial charge in [0.2, 0.25) is 5.88 Å². The molecule has 0 bridgehead atoms. The van der Waals surface area contributed by atoms with Gasteiger partial charge in [-0.1, -0.05) is 30.1 Å². The van der Waals surface area contributed by atoms with E-state index in [1.54, 1.807) is 34.2 Å². The third-order valence-corrected chi connectivity index (χ3v) is 5.14. The van der Waals surface area contributed by atoms with Gasteiger partial charge in [-0.3, -0.25) is 0 Å². The van der Waals surface area contributed by atoms with Crippen molar-refractivity contribution in [3.8, 4) is 22.1 Å². The van der Waals surface area contributed by atoms with Crippen LogP contribution in [0.15, 0.2) is 30.3 Å². The quantitative estimate of drug-likeness (QED) is 0.562. The van der Waals surface area contributed by atoms with Crippen molar-refractivity contribution in [1.82, 2.24) is 9.78 Å². The van der Waals surface area contributed by atoms with Crippen molar-refractivity contribution < 1.29 is 14.6 Å². The first-order valence-corrected chi connectivity index (χ1v) is 9.02. The van der Waals surface area contributed by atoms with E-state index in [1.807, 2.05) is 26.0 Å². The summed E-state index contributed by atoms with van der Waals surface area (Å²) < 4.78 is 6.50. The Morgan fingerprint density at radius 1 is 1.32 bits per heavy atom. The molecule has 5 nitrogen and oxygen atoms in total. The van der Waals surface area contributed by atoms with Crippen molar-refractivity contribution in [2.24, 2.45) is 0 Å². The van der Waals surface area contributed by atoms with E-state index in [2.05, 4.69) is 5.10 Å². The maximum atomic E-state index is 11.0. The first kappa shape index (κ1) is 17.8. The van der Waals surface area contributed by atoms with Gasteiger partial charge in [0.15, 0.2) is 0 Å². The lowest BCUT2D eigenvalue weighted by atomic mass is 10.1. The lowest BCUT2D eigenvalue weighted by Crippen LogP contribution is -2.05. The molecule has 0 spiro atoms. The Bertz CT molecular complexity index is 950. The van der Waals surface area contributed by atoms with E-state index in [0.29, 0.717) is 27.7 Å². The standard InChI is InChI=1S/C17H14Cl2N2O3S/c1-3-11-15(14-7-4-9(2)25-14)21(20-16(11)24-17(22)23)13-6-5-10(18)8-12(13)19/h4-8H,3H2,1-2H3,(H,22,23). The summed E-state index contributed by atoms with van der Waals surface area (Å²) in [5.41, 5.74) is 2.07. The van der Waals surface area contributed by atoms with Crippen molar-refractivity contribution in [2.45, 2.75) is 20.3 Å². The van der Waals surface area contributed by atoms with Crippen LogP contribution >= 0.6 is 34.5 Å². The number of benzene rings is 1. The van der Waals surface area contributed by atoms with Gasteiger partial charge in [0.25, 0.3) is 0 Å². The van der Waals surface area contributed by atoms with Gasteiger partial charge in [-0.15, -0.1) is 16.4 Å². The van der Waals surface area contributed by atoms with Crippen LogP contribution in [0.3, 0.4) is 0 Å². The van der Waals surface area contributed by atoms with Gasteiger partial charge < -0.3 is 9.84 Å². The number of carbonyl (C=O) groups is 1. The molecule has 3 rings (SSSR count). The number of nitrogens with zero attached hydrogens (tertiary/aromatic N) is 2. The van der Waals surface area contributed by atoms with Crippen molar-refractivity contribution in [2.75, 3.05) is 0 Å². The Balaban J connectivity index is 2.29. The summed E-state index contributed by atoms with van der Waals surface area (Å²) in [5, 5.41) is 14.3. The lowest BCUT2D eigenvalue weighted by molar-refractivity contribution is 0.142. The number of rotatable bonds is 4. The number of thiophene rings is 1. The van der Waals surface area contributed by atoms with Crippen LogP contribution < -0.4 is 4.74 Å². The smallest absolute Gasteiger partial charge is 0.449 e. The third-order valence-electron chi connectivity index (χ3n) is 3.60. The Morgan fingerprint density at radius 3 is 2.64 bits per heavy atom. The largest absolute Gasteiger partial charge is 0.512 e. The average molecular weight is 397 g/mol. The van der Waals surface area contributed by atoms with Crippen LogP contribution in [-0.4, -0.2) is 21.0 Å². The Labute approximate surface area is 158 Å². The predicted molar refractivity (Wildman–Crippen MR) is 99.7 cm³/mol. The number of ether oxygens (including phenoxy) is 1. The summed E-state index contributed by atoms with van der Waals surface area (Å²) in [6.45, 7) is 3.92. The van der Waals surface area contributed by atoms with Gasteiger partial charge in [0.1, 0.15) is 0 Å². The Morgan fingerprint density at radius 2 is 2.08 bits per heavy atom. The monoisotopic (exact) mass is 396 g/mol. The molecular weight excluding hydrogens is 383 g/mol. The second-order valence-corrected chi connectivity index (χ2v) is 7.40. The minimum absolute atomic E-state index is 0.0575. The van der Waals surface area contributed by atoms with E-state index in [-0.39, 0.29) is 5.88 Å². The van der Waals surface area contributed by atoms with Crippen molar-refractivity contribution >= 4 is 40.7 Å². The first-order chi connectivity index (χ1) is 11.9. The van der Waals surface area contributed by atoms with Crippen molar-refractivity contribution in [3.63, 3.8) is 0 Å². The molecule has 0 radical (unpaired) electrons. The molecule has 130 valence electrons. The number of hydrogen-bond acceptors (Lipinski definition) is 4. The zero-order chi connectivity index (χ0) is 18.1. The van der Waals surface area contributed by atoms with Crippen LogP contribution in [0, 0.1) is 6.92 Å². The van der Waals surface area contributed by atoms with Gasteiger partial charge in [0, 0.05) is 15.5 Å². The highest BCUT2D eigenvalue weighted by atomic mass is 35.5. The molecule has 0 unspecified atom stereocenters. The number of aromatic nitrogens is 2. The fourth-order valence-electron chi connectivity index (χ4n) is 2.56. The SMILES string of the molecule is CCc1c(OC(=O)O)nn(-c2ccc(Cl)cc2Cl)c1-c1ccc(C)s1. The van der Waals surface area contributed by atoms with Crippen LogP contribution in [0.4, 0.5) is 4.79 Å². The lowest BCUT2D eigenvalue weighted by Gasteiger charge is -2.09. The minimum Gasteiger partial charge on any atom is -0.449 e. The molecule has 0 saturated carbocycles. The number of carboxylic acid groups (broad SMARTS) is 1. The molecule has 0 saturated heterocycles. The highest BCUT2D eigenvalue weighted by Crippen LogP contribution is 2.38. The second-order valence-electron chi connectivity index (χ2n) is 5.27. The van der Waals surface area contributed by atoms with E-state index >= 15 is 0 Å². The highest BCUT2D eigenvalue weighted by Gasteiger charge is 2.24. The highest BCUT2D eigenvalue weighted by molar-refractivity contribution is 7.15. The molecule has 0 amide bonds. The molecule has 1 N–H and O–H groups in total. The summed E-state index contributed by atoms with van der Waals surface area (Å²) in [5.74, 6) is 0.0575. The maximum absolute atomic E-state index is 11.0. The molecule has 0 aliphatic rings. The van der Waals surface area contributed by atoms with Gasteiger partial charge in [-0.05, 0) is 43.7 Å². The first-order valence-electron chi connectivity index (χ1n) is 7.45. The maximum Gasteiger partial charge on any atom is 0.512 e. The summed E-state index contributed by atoms with van der Waals surface area (Å²) in [7, 11) is 0. The zero-order valence-corrected chi connectivity index (χ0v) is 15.7. The molecular formula is C17H14Cl2N2O3S. The molecule has 0 atom stereocenters. The van der Waals surface area contributed by atoms with Crippen molar-refractivity contribution in [1.29, 1.82) is 0 Å². The fourth-order valence-corrected chi connectivity index (χ4v) is 3.97. The zero-order valence-electron chi connectivity index (χ0n) is 13.4. The fraction of sp³-hybridized carbons (Fsp3) is 0.176. The summed E-state index contributed by atoms with van der Waals surface area (Å²) in [6, 6.07) is 9.04. The summed E-state index contributed by atoms with van der Waals surface area (Å²) in [4.78, 5) is 13.1. The van der Waals surface area contributed by atoms with Crippen LogP contribution in [0.1, 0.15) is 17.4 Å². The van der Waals surface area contributed by atoms with E-state index in [4.69, 9.17) is 33.0 Å². The van der Waals surface area contributed by atoms with Crippen LogP contribution in [0.2, 0.25) is 10.0 Å². The normalized spacial score (nSPS) is 10.9. The van der Waals surface area contributed by atoms with E-state index in [9.17, 15) is 4.79 Å². The number of hydrogen-bond donors (Lipinski definition) is 1. The van der Waals surface area contributed by atoms with Crippen molar-refractivity contribution in [3.05, 3.63) is 50.8 Å². The number of halogens is 2. The molecule has 1 aromatic carbocycles. The van der Waals surface area contributed by atoms with Crippen LogP contribution in [0.5, 0.6) is 5.88 Å². The van der Waals surface area contributed by atoms with Gasteiger partial charge >= 0.3 is 6.16 Å². The molecule has 2 heterocycles.